The number of benzene rings is 1. The van der Waals surface area contributed by atoms with Gasteiger partial charge in [-0.25, -0.2) is 0 Å². The van der Waals surface area contributed by atoms with E-state index in [1.54, 1.807) is 17.0 Å². The van der Waals surface area contributed by atoms with Gasteiger partial charge in [-0.3, -0.25) is 14.5 Å². The molecule has 2 atom stereocenters. The van der Waals surface area contributed by atoms with E-state index in [1.807, 2.05) is 41.8 Å². The van der Waals surface area contributed by atoms with Crippen molar-refractivity contribution >= 4 is 28.8 Å². The first-order chi connectivity index (χ1) is 15.6. The lowest BCUT2D eigenvalue weighted by Gasteiger charge is -2.31. The number of hydrogen-bond acceptors (Lipinski definition) is 4. The number of thiophene rings is 1. The van der Waals surface area contributed by atoms with E-state index in [4.69, 9.17) is 4.42 Å². The van der Waals surface area contributed by atoms with Gasteiger partial charge in [0.1, 0.15) is 0 Å². The van der Waals surface area contributed by atoms with Gasteiger partial charge in [0, 0.05) is 16.6 Å². The fourth-order valence-corrected chi connectivity index (χ4v) is 5.09. The molecule has 32 heavy (non-hydrogen) atoms. The van der Waals surface area contributed by atoms with E-state index in [9.17, 15) is 9.59 Å². The lowest BCUT2D eigenvalue weighted by Crippen LogP contribution is -2.46. The molecule has 0 bridgehead atoms. The molecule has 0 aliphatic heterocycles. The summed E-state index contributed by atoms with van der Waals surface area (Å²) in [5.74, 6) is 0.166. The van der Waals surface area contributed by atoms with Crippen LogP contribution in [0.15, 0.2) is 64.6 Å². The smallest absolute Gasteiger partial charge is 0.295 e. The molecular formula is C26H30N2O3S. The summed E-state index contributed by atoms with van der Waals surface area (Å²) in [4.78, 5) is 29.6. The molecule has 3 aromatic rings. The first-order valence-electron chi connectivity index (χ1n) is 11.4. The van der Waals surface area contributed by atoms with Gasteiger partial charge in [-0.05, 0) is 66.5 Å². The molecule has 1 aromatic carbocycles. The molecule has 5 nitrogen and oxygen atoms in total. The summed E-state index contributed by atoms with van der Waals surface area (Å²) in [6, 6.07) is 14.5. The first kappa shape index (κ1) is 22.3. The van der Waals surface area contributed by atoms with Crippen molar-refractivity contribution in [2.45, 2.75) is 64.0 Å². The first-order valence-corrected chi connectivity index (χ1v) is 12.3. The Morgan fingerprint density at radius 3 is 2.47 bits per heavy atom. The fraction of sp³-hybridized carbons (Fsp3) is 0.385. The molecule has 0 radical (unpaired) electrons. The average molecular weight is 451 g/mol. The van der Waals surface area contributed by atoms with Crippen LogP contribution in [0, 0.1) is 0 Å². The van der Waals surface area contributed by atoms with Gasteiger partial charge in [0.25, 0.3) is 5.91 Å². The van der Waals surface area contributed by atoms with E-state index in [0.717, 1.165) is 37.0 Å². The second kappa shape index (κ2) is 10.2. The highest BCUT2D eigenvalue weighted by molar-refractivity contribution is 7.10. The van der Waals surface area contributed by atoms with Gasteiger partial charge in [0.05, 0.1) is 6.26 Å². The van der Waals surface area contributed by atoms with Crippen molar-refractivity contribution in [3.8, 4) is 0 Å². The van der Waals surface area contributed by atoms with Gasteiger partial charge in [-0.2, -0.15) is 0 Å². The number of amides is 2. The minimum absolute atomic E-state index is 0.148. The van der Waals surface area contributed by atoms with E-state index in [2.05, 4.69) is 19.2 Å². The molecule has 168 valence electrons. The highest BCUT2D eigenvalue weighted by Gasteiger charge is 2.36. The Hall–Kier alpha value is -2.86. The van der Waals surface area contributed by atoms with Crippen LogP contribution >= 0.6 is 11.3 Å². The Morgan fingerprint density at radius 1 is 1.12 bits per heavy atom. The lowest BCUT2D eigenvalue weighted by molar-refractivity contribution is -0.123. The van der Waals surface area contributed by atoms with Crippen LogP contribution in [0.5, 0.6) is 0 Å². The summed E-state index contributed by atoms with van der Waals surface area (Å²) in [7, 11) is 0. The molecule has 4 rings (SSSR count). The van der Waals surface area contributed by atoms with Crippen LogP contribution in [0.3, 0.4) is 0 Å². The van der Waals surface area contributed by atoms with Gasteiger partial charge in [0.2, 0.25) is 5.91 Å². The summed E-state index contributed by atoms with van der Waals surface area (Å²) in [6.45, 7) is 4.34. The molecule has 6 heteroatoms. The molecule has 2 aromatic heterocycles. The zero-order valence-electron chi connectivity index (χ0n) is 18.6. The topological polar surface area (TPSA) is 62.6 Å². The Morgan fingerprint density at radius 2 is 1.88 bits per heavy atom. The van der Waals surface area contributed by atoms with E-state index in [-0.39, 0.29) is 23.6 Å². The van der Waals surface area contributed by atoms with Crippen LogP contribution in [0.4, 0.5) is 5.69 Å². The molecule has 1 fully saturated rings. The number of furan rings is 1. The van der Waals surface area contributed by atoms with E-state index in [0.29, 0.717) is 11.6 Å². The number of hydrogen-bond donors (Lipinski definition) is 1. The molecule has 1 aliphatic carbocycles. The summed E-state index contributed by atoms with van der Waals surface area (Å²) in [6.07, 6.45) is 6.74. The fourth-order valence-electron chi connectivity index (χ4n) is 4.27. The number of carbonyl (C=O) groups excluding carboxylic acids is 2. The van der Waals surface area contributed by atoms with Crippen LogP contribution in [0.25, 0.3) is 0 Å². The standard InChI is InChI=1S/C26H30N2O3S/c1-3-18(2)19-12-14-21(15-13-19)28(26(30)22-10-6-16-31-22)24(23-11-7-17-32-23)25(29)27-20-8-4-5-9-20/h6-7,10-18,20,24H,3-5,8-9H2,1-2H3,(H,27,29)/t18-,24+/m0/s1. The Bertz CT molecular complexity index is 1010. The van der Waals surface area contributed by atoms with Crippen molar-refractivity contribution in [3.63, 3.8) is 0 Å². The minimum Gasteiger partial charge on any atom is -0.459 e. The number of rotatable bonds is 8. The normalized spacial score (nSPS) is 15.9. The maximum absolute atomic E-state index is 13.6. The maximum atomic E-state index is 13.6. The molecule has 0 spiro atoms. The van der Waals surface area contributed by atoms with Crippen LogP contribution < -0.4 is 10.2 Å². The minimum atomic E-state index is -0.761. The Kier molecular flexibility index (Phi) is 7.10. The van der Waals surface area contributed by atoms with Crippen molar-refractivity contribution in [1.82, 2.24) is 5.32 Å². The summed E-state index contributed by atoms with van der Waals surface area (Å²) in [5, 5.41) is 5.14. The highest BCUT2D eigenvalue weighted by atomic mass is 32.1. The average Bonchev–Trinajstić information content (AvgIpc) is 3.60. The molecule has 0 unspecified atom stereocenters. The van der Waals surface area contributed by atoms with Crippen LogP contribution in [-0.4, -0.2) is 17.9 Å². The Labute approximate surface area is 193 Å². The Balaban J connectivity index is 1.74. The molecule has 2 heterocycles. The van der Waals surface area contributed by atoms with Crippen LogP contribution in [0.2, 0.25) is 0 Å². The number of anilines is 1. The number of nitrogens with one attached hydrogen (secondary N) is 1. The van der Waals surface area contributed by atoms with Crippen LogP contribution in [0.1, 0.15) is 78.9 Å². The number of nitrogens with zero attached hydrogens (tertiary/aromatic N) is 1. The van der Waals surface area contributed by atoms with E-state index in [1.165, 1.54) is 23.2 Å². The van der Waals surface area contributed by atoms with Crippen molar-refractivity contribution < 1.29 is 14.0 Å². The van der Waals surface area contributed by atoms with Gasteiger partial charge in [-0.15, -0.1) is 11.3 Å². The SMILES string of the molecule is CC[C@H](C)c1ccc(N(C(=O)c2ccco2)[C@@H](C(=O)NC2CCCC2)c2cccs2)cc1. The molecule has 2 amide bonds. The van der Waals surface area contributed by atoms with E-state index < -0.39 is 6.04 Å². The molecule has 1 N–H and O–H groups in total. The second-order valence-electron chi connectivity index (χ2n) is 8.46. The third kappa shape index (κ3) is 4.80. The quantitative estimate of drug-likeness (QED) is 0.438. The van der Waals surface area contributed by atoms with Crippen molar-refractivity contribution in [1.29, 1.82) is 0 Å². The number of carbonyl (C=O) groups is 2. The van der Waals surface area contributed by atoms with Gasteiger partial charge < -0.3 is 9.73 Å². The molecule has 0 saturated heterocycles. The second-order valence-corrected chi connectivity index (χ2v) is 9.44. The van der Waals surface area contributed by atoms with Gasteiger partial charge in [-0.1, -0.05) is 44.9 Å². The van der Waals surface area contributed by atoms with Crippen molar-refractivity contribution in [2.24, 2.45) is 0 Å². The van der Waals surface area contributed by atoms with Gasteiger partial charge >= 0.3 is 0 Å². The zero-order valence-corrected chi connectivity index (χ0v) is 19.4. The summed E-state index contributed by atoms with van der Waals surface area (Å²) in [5.41, 5.74) is 1.89. The third-order valence-corrected chi connectivity index (χ3v) is 7.25. The van der Waals surface area contributed by atoms with Crippen LogP contribution in [-0.2, 0) is 4.79 Å². The summed E-state index contributed by atoms with van der Waals surface area (Å²) >= 11 is 1.48. The van der Waals surface area contributed by atoms with E-state index >= 15 is 0 Å². The summed E-state index contributed by atoms with van der Waals surface area (Å²) < 4.78 is 5.44. The molecule has 1 aliphatic rings. The third-order valence-electron chi connectivity index (χ3n) is 6.32. The van der Waals surface area contributed by atoms with Crippen molar-refractivity contribution in [2.75, 3.05) is 4.90 Å². The van der Waals surface area contributed by atoms with Crippen molar-refractivity contribution in [3.05, 3.63) is 76.4 Å². The predicted octanol–water partition coefficient (Wildman–Crippen LogP) is 6.30. The maximum Gasteiger partial charge on any atom is 0.295 e. The highest BCUT2D eigenvalue weighted by Crippen LogP contribution is 2.34. The largest absolute Gasteiger partial charge is 0.459 e. The molecular weight excluding hydrogens is 420 g/mol. The lowest BCUT2D eigenvalue weighted by atomic mass is 9.98. The van der Waals surface area contributed by atoms with Gasteiger partial charge in [0.15, 0.2) is 11.8 Å². The zero-order chi connectivity index (χ0) is 22.5. The molecule has 1 saturated carbocycles. The predicted molar refractivity (Wildman–Crippen MR) is 128 cm³/mol. The monoisotopic (exact) mass is 450 g/mol.